The van der Waals surface area contributed by atoms with Crippen molar-refractivity contribution < 1.29 is 23.1 Å². The van der Waals surface area contributed by atoms with Crippen LogP contribution >= 0.6 is 0 Å². The Morgan fingerprint density at radius 2 is 1.56 bits per heavy atom. The van der Waals surface area contributed by atoms with Gasteiger partial charge in [0.2, 0.25) is 0 Å². The Bertz CT molecular complexity index is 684. The molecule has 0 amide bonds. The number of aliphatic carboxylic acids is 1. The highest BCUT2D eigenvalue weighted by Gasteiger charge is 2.30. The maximum atomic E-state index is 12.6. The average Bonchev–Trinajstić information content (AvgIpc) is 2.54. The van der Waals surface area contributed by atoms with Crippen LogP contribution in [0.1, 0.15) is 23.6 Å². The summed E-state index contributed by atoms with van der Waals surface area (Å²) in [7, 11) is 0. The Labute approximate surface area is 144 Å². The molecule has 0 radical (unpaired) electrons. The highest BCUT2D eigenvalue weighted by molar-refractivity contribution is 5.74. The summed E-state index contributed by atoms with van der Waals surface area (Å²) in [6, 6.07) is 13.3. The van der Waals surface area contributed by atoms with Crippen LogP contribution in [0.25, 0.3) is 0 Å². The van der Waals surface area contributed by atoms with Gasteiger partial charge in [-0.1, -0.05) is 42.5 Å². The molecule has 3 nitrogen and oxygen atoms in total. The maximum Gasteiger partial charge on any atom is 0.416 e. The van der Waals surface area contributed by atoms with Crippen LogP contribution in [0.2, 0.25) is 0 Å². The summed E-state index contributed by atoms with van der Waals surface area (Å²) < 4.78 is 37.7. The van der Waals surface area contributed by atoms with Crippen LogP contribution in [0, 0.1) is 0 Å². The predicted octanol–water partition coefficient (Wildman–Crippen LogP) is 3.92. The molecular formula is C19H20F3NO2. The minimum atomic E-state index is -4.35. The van der Waals surface area contributed by atoms with Crippen LogP contribution in [-0.2, 0) is 23.8 Å². The molecule has 0 heterocycles. The van der Waals surface area contributed by atoms with Gasteiger partial charge in [0.05, 0.1) is 5.56 Å². The lowest BCUT2D eigenvalue weighted by molar-refractivity contribution is -0.140. The van der Waals surface area contributed by atoms with Crippen LogP contribution in [0.4, 0.5) is 13.2 Å². The van der Waals surface area contributed by atoms with Crippen LogP contribution in [-0.4, -0.2) is 23.2 Å². The number of hydrogen-bond acceptors (Lipinski definition) is 2. The second-order valence-electron chi connectivity index (χ2n) is 6.05. The van der Waals surface area contributed by atoms with Crippen LogP contribution in [0.15, 0.2) is 54.6 Å². The van der Waals surface area contributed by atoms with E-state index in [0.29, 0.717) is 12.8 Å². The van der Waals surface area contributed by atoms with Gasteiger partial charge in [-0.3, -0.25) is 4.79 Å². The van der Waals surface area contributed by atoms with Gasteiger partial charge in [0.15, 0.2) is 0 Å². The van der Waals surface area contributed by atoms with Gasteiger partial charge in [-0.15, -0.1) is 0 Å². The van der Waals surface area contributed by atoms with Gasteiger partial charge in [-0.05, 0) is 43.0 Å². The van der Waals surface area contributed by atoms with Crippen molar-refractivity contribution in [1.82, 2.24) is 5.32 Å². The molecule has 0 aromatic heterocycles. The number of hydrogen-bond donors (Lipinski definition) is 2. The molecule has 134 valence electrons. The first-order chi connectivity index (χ1) is 11.8. The van der Waals surface area contributed by atoms with Crippen molar-refractivity contribution in [2.75, 3.05) is 0 Å². The highest BCUT2D eigenvalue weighted by atomic mass is 19.4. The number of carbonyl (C=O) groups is 1. The fraction of sp³-hybridized carbons (Fsp3) is 0.316. The van der Waals surface area contributed by atoms with Crippen molar-refractivity contribution in [3.8, 4) is 0 Å². The number of carboxylic acid groups (broad SMARTS) is 1. The largest absolute Gasteiger partial charge is 0.480 e. The van der Waals surface area contributed by atoms with E-state index in [-0.39, 0.29) is 6.04 Å². The Morgan fingerprint density at radius 3 is 2.08 bits per heavy atom. The first kappa shape index (κ1) is 19.0. The third-order valence-corrected chi connectivity index (χ3v) is 3.89. The Hall–Kier alpha value is -2.34. The number of carboxylic acids is 1. The number of alkyl halides is 3. The number of benzene rings is 2. The fourth-order valence-corrected chi connectivity index (χ4v) is 2.65. The summed E-state index contributed by atoms with van der Waals surface area (Å²) in [6.07, 6.45) is -3.57. The topological polar surface area (TPSA) is 49.3 Å². The van der Waals surface area contributed by atoms with Crippen LogP contribution in [0.3, 0.4) is 0 Å². The van der Waals surface area contributed by atoms with Gasteiger partial charge < -0.3 is 10.4 Å². The summed E-state index contributed by atoms with van der Waals surface area (Å²) in [5.41, 5.74) is 0.935. The van der Waals surface area contributed by atoms with Gasteiger partial charge in [0, 0.05) is 6.04 Å². The zero-order chi connectivity index (χ0) is 18.4. The van der Waals surface area contributed by atoms with E-state index in [4.69, 9.17) is 0 Å². The van der Waals surface area contributed by atoms with E-state index in [9.17, 15) is 23.1 Å². The summed E-state index contributed by atoms with van der Waals surface area (Å²) >= 11 is 0. The standard InChI is InChI=1S/C19H20F3NO2/c1-13(11-15-7-9-16(10-8-15)19(20,21)22)23-17(18(24)25)12-14-5-3-2-4-6-14/h2-10,13,17,23H,11-12H2,1H3,(H,24,25)/t13?,17-/m0/s1. The van der Waals surface area contributed by atoms with E-state index in [1.165, 1.54) is 12.1 Å². The SMILES string of the molecule is CC(Cc1ccc(C(F)(F)F)cc1)N[C@@H](Cc1ccccc1)C(=O)O. The monoisotopic (exact) mass is 351 g/mol. The van der Waals surface area contributed by atoms with Crippen molar-refractivity contribution in [2.24, 2.45) is 0 Å². The van der Waals surface area contributed by atoms with Crippen LogP contribution in [0.5, 0.6) is 0 Å². The molecule has 0 fully saturated rings. The lowest BCUT2D eigenvalue weighted by Crippen LogP contribution is -2.44. The van der Waals surface area contributed by atoms with E-state index in [1.54, 1.807) is 0 Å². The summed E-state index contributed by atoms with van der Waals surface area (Å²) in [5.74, 6) is -0.955. The lowest BCUT2D eigenvalue weighted by Gasteiger charge is -2.20. The second-order valence-corrected chi connectivity index (χ2v) is 6.05. The molecule has 0 aliphatic heterocycles. The van der Waals surface area contributed by atoms with E-state index in [0.717, 1.165) is 23.3 Å². The zero-order valence-electron chi connectivity index (χ0n) is 13.8. The molecule has 2 atom stereocenters. The number of halogens is 3. The Kier molecular flexibility index (Phi) is 6.20. The van der Waals surface area contributed by atoms with Crippen LogP contribution < -0.4 is 5.32 Å². The van der Waals surface area contributed by atoms with E-state index in [2.05, 4.69) is 5.32 Å². The summed E-state index contributed by atoms with van der Waals surface area (Å²) in [5, 5.41) is 12.4. The van der Waals surface area contributed by atoms with Crippen molar-refractivity contribution in [3.63, 3.8) is 0 Å². The van der Waals surface area contributed by atoms with Crippen molar-refractivity contribution in [1.29, 1.82) is 0 Å². The molecule has 6 heteroatoms. The normalized spacial score (nSPS) is 14.1. The predicted molar refractivity (Wildman–Crippen MR) is 89.3 cm³/mol. The Balaban J connectivity index is 1.97. The average molecular weight is 351 g/mol. The molecule has 0 aliphatic rings. The van der Waals surface area contributed by atoms with Gasteiger partial charge in [-0.2, -0.15) is 13.2 Å². The van der Waals surface area contributed by atoms with Gasteiger partial charge in [0.1, 0.15) is 6.04 Å². The maximum absolute atomic E-state index is 12.6. The van der Waals surface area contributed by atoms with E-state index < -0.39 is 23.8 Å². The van der Waals surface area contributed by atoms with E-state index >= 15 is 0 Å². The Morgan fingerprint density at radius 1 is 1.00 bits per heavy atom. The van der Waals surface area contributed by atoms with E-state index in [1.807, 2.05) is 37.3 Å². The third kappa shape index (κ3) is 5.90. The first-order valence-corrected chi connectivity index (χ1v) is 7.94. The highest BCUT2D eigenvalue weighted by Crippen LogP contribution is 2.29. The third-order valence-electron chi connectivity index (χ3n) is 3.89. The molecule has 0 saturated heterocycles. The number of rotatable bonds is 7. The fourth-order valence-electron chi connectivity index (χ4n) is 2.65. The van der Waals surface area contributed by atoms with Gasteiger partial charge in [0.25, 0.3) is 0 Å². The van der Waals surface area contributed by atoms with Crippen molar-refractivity contribution in [2.45, 2.75) is 38.0 Å². The first-order valence-electron chi connectivity index (χ1n) is 7.94. The molecule has 25 heavy (non-hydrogen) atoms. The van der Waals surface area contributed by atoms with Crippen molar-refractivity contribution >= 4 is 5.97 Å². The minimum absolute atomic E-state index is 0.193. The molecule has 2 aromatic rings. The van der Waals surface area contributed by atoms with Gasteiger partial charge in [-0.25, -0.2) is 0 Å². The molecule has 0 aliphatic carbocycles. The molecule has 1 unspecified atom stereocenters. The quantitative estimate of drug-likeness (QED) is 0.795. The lowest BCUT2D eigenvalue weighted by atomic mass is 10.0. The number of nitrogens with one attached hydrogen (secondary N) is 1. The van der Waals surface area contributed by atoms with Crippen molar-refractivity contribution in [3.05, 3.63) is 71.3 Å². The molecule has 2 N–H and O–H groups in total. The molecular weight excluding hydrogens is 331 g/mol. The molecule has 0 saturated carbocycles. The minimum Gasteiger partial charge on any atom is -0.480 e. The molecule has 0 spiro atoms. The molecule has 0 bridgehead atoms. The summed E-state index contributed by atoms with van der Waals surface area (Å²) in [6.45, 7) is 1.82. The summed E-state index contributed by atoms with van der Waals surface area (Å²) in [4.78, 5) is 11.5. The second kappa shape index (κ2) is 8.16. The molecule has 2 aromatic carbocycles. The zero-order valence-corrected chi connectivity index (χ0v) is 13.8. The molecule has 2 rings (SSSR count). The smallest absolute Gasteiger partial charge is 0.416 e. The van der Waals surface area contributed by atoms with Gasteiger partial charge >= 0.3 is 12.1 Å².